The molecule has 84 valence electrons. The zero-order valence-electron chi connectivity index (χ0n) is 8.37. The van der Waals surface area contributed by atoms with Crippen LogP contribution >= 0.6 is 31.9 Å². The van der Waals surface area contributed by atoms with E-state index in [9.17, 15) is 4.79 Å². The molecule has 0 saturated carbocycles. The van der Waals surface area contributed by atoms with Crippen molar-refractivity contribution in [3.8, 4) is 0 Å². The van der Waals surface area contributed by atoms with Gasteiger partial charge in [-0.15, -0.1) is 0 Å². The minimum absolute atomic E-state index is 0.168. The van der Waals surface area contributed by atoms with Crippen molar-refractivity contribution in [1.29, 1.82) is 0 Å². The number of nitrogens with zero attached hydrogens (tertiary/aromatic N) is 1. The third kappa shape index (κ3) is 2.52. The molecule has 16 heavy (non-hydrogen) atoms. The number of hydrogen-bond acceptors (Lipinski definition) is 3. The van der Waals surface area contributed by atoms with Gasteiger partial charge in [-0.2, -0.15) is 0 Å². The minimum Gasteiger partial charge on any atom is -0.490 e. The molecular weight excluding hydrogens is 338 g/mol. The number of allylic oxidation sites excluding steroid dienone is 2. The Morgan fingerprint density at radius 3 is 2.88 bits per heavy atom. The molecular formula is C11H9Br2NO2. The van der Waals surface area contributed by atoms with Crippen molar-refractivity contribution < 1.29 is 9.53 Å². The van der Waals surface area contributed by atoms with Crippen molar-refractivity contribution in [2.45, 2.75) is 12.8 Å². The van der Waals surface area contributed by atoms with Crippen molar-refractivity contribution in [3.63, 3.8) is 0 Å². The molecule has 0 unspecified atom stereocenters. The molecule has 0 radical (unpaired) electrons. The average Bonchev–Trinajstić information content (AvgIpc) is 2.29. The molecule has 0 saturated heterocycles. The molecule has 3 nitrogen and oxygen atoms in total. The minimum atomic E-state index is -0.168. The first-order valence-corrected chi connectivity index (χ1v) is 6.46. The summed E-state index contributed by atoms with van der Waals surface area (Å²) in [5.74, 6) is 0.237. The fourth-order valence-electron chi connectivity index (χ4n) is 1.41. The first-order chi connectivity index (χ1) is 7.68. The molecule has 0 spiro atoms. The van der Waals surface area contributed by atoms with E-state index in [2.05, 4.69) is 36.8 Å². The molecule has 2 heterocycles. The Bertz CT molecular complexity index is 457. The largest absolute Gasteiger partial charge is 0.490 e. The van der Waals surface area contributed by atoms with Crippen LogP contribution in [-0.4, -0.2) is 17.4 Å². The molecule has 0 aliphatic carbocycles. The first kappa shape index (κ1) is 11.8. The van der Waals surface area contributed by atoms with Gasteiger partial charge in [-0.3, -0.25) is 9.78 Å². The van der Waals surface area contributed by atoms with Gasteiger partial charge in [-0.25, -0.2) is 0 Å². The van der Waals surface area contributed by atoms with Crippen LogP contribution in [0.2, 0.25) is 0 Å². The van der Waals surface area contributed by atoms with Gasteiger partial charge in [-0.1, -0.05) is 0 Å². The lowest BCUT2D eigenvalue weighted by Gasteiger charge is -2.13. The molecule has 0 atom stereocenters. The number of ether oxygens (including phenoxy) is 1. The van der Waals surface area contributed by atoms with Crippen LogP contribution in [0.3, 0.4) is 0 Å². The highest BCUT2D eigenvalue weighted by molar-refractivity contribution is 9.11. The fraction of sp³-hybridized carbons (Fsp3) is 0.273. The molecule has 1 aromatic rings. The molecule has 0 aromatic carbocycles. The number of carbonyl (C=O) groups excluding carboxylic acids is 1. The number of pyridine rings is 1. The van der Waals surface area contributed by atoms with Crippen LogP contribution < -0.4 is 0 Å². The summed E-state index contributed by atoms with van der Waals surface area (Å²) in [6, 6.07) is 1.80. The van der Waals surface area contributed by atoms with Gasteiger partial charge in [0.2, 0.25) is 5.78 Å². The smallest absolute Gasteiger partial charge is 0.246 e. The SMILES string of the molecule is O=C(C1=CCCCO1)c1ncc(Br)cc1Br. The van der Waals surface area contributed by atoms with E-state index < -0.39 is 0 Å². The van der Waals surface area contributed by atoms with Crippen LogP contribution in [0.1, 0.15) is 23.3 Å². The Kier molecular flexibility index (Phi) is 3.76. The zero-order valence-corrected chi connectivity index (χ0v) is 11.5. The fourth-order valence-corrected chi connectivity index (χ4v) is 2.58. The first-order valence-electron chi connectivity index (χ1n) is 4.87. The molecule has 1 aliphatic rings. The second-order valence-corrected chi connectivity index (χ2v) is 5.14. The number of hydrogen-bond donors (Lipinski definition) is 0. The predicted octanol–water partition coefficient (Wildman–Crippen LogP) is 3.48. The lowest BCUT2D eigenvalue weighted by molar-refractivity contribution is 0.0893. The van der Waals surface area contributed by atoms with Gasteiger partial charge in [0.1, 0.15) is 5.69 Å². The topological polar surface area (TPSA) is 39.2 Å². The Balaban J connectivity index is 2.30. The van der Waals surface area contributed by atoms with Gasteiger partial charge in [0, 0.05) is 15.1 Å². The molecule has 0 bridgehead atoms. The molecule has 0 amide bonds. The van der Waals surface area contributed by atoms with Crippen molar-refractivity contribution in [2.75, 3.05) is 6.61 Å². The van der Waals surface area contributed by atoms with Crippen LogP contribution in [0.4, 0.5) is 0 Å². The van der Waals surface area contributed by atoms with E-state index in [1.807, 2.05) is 6.08 Å². The molecule has 1 aromatic heterocycles. The Labute approximate surface area is 110 Å². The van der Waals surface area contributed by atoms with Gasteiger partial charge in [0.05, 0.1) is 6.61 Å². The summed E-state index contributed by atoms with van der Waals surface area (Å²) >= 11 is 6.61. The van der Waals surface area contributed by atoms with Gasteiger partial charge >= 0.3 is 0 Å². The highest BCUT2D eigenvalue weighted by atomic mass is 79.9. The molecule has 0 fully saturated rings. The van der Waals surface area contributed by atoms with Gasteiger partial charge < -0.3 is 4.74 Å². The zero-order chi connectivity index (χ0) is 11.5. The second kappa shape index (κ2) is 5.10. The third-order valence-corrected chi connectivity index (χ3v) is 3.22. The standard InChI is InChI=1S/C11H9Br2NO2/c12-7-5-8(13)10(14-6-7)11(15)9-3-1-2-4-16-9/h3,5-6H,1-2,4H2. The highest BCUT2D eigenvalue weighted by Crippen LogP contribution is 2.23. The highest BCUT2D eigenvalue weighted by Gasteiger charge is 2.19. The van der Waals surface area contributed by atoms with Crippen LogP contribution in [-0.2, 0) is 4.74 Å². The van der Waals surface area contributed by atoms with Gasteiger partial charge in [-0.05, 0) is 56.8 Å². The molecule has 1 aliphatic heterocycles. The van der Waals surface area contributed by atoms with Crippen molar-refractivity contribution >= 4 is 37.6 Å². The van der Waals surface area contributed by atoms with Crippen LogP contribution in [0.15, 0.2) is 33.0 Å². The quantitative estimate of drug-likeness (QED) is 0.769. The maximum atomic E-state index is 12.0. The number of carbonyl (C=O) groups is 1. The van der Waals surface area contributed by atoms with E-state index in [-0.39, 0.29) is 5.78 Å². The van der Waals surface area contributed by atoms with E-state index in [1.54, 1.807) is 12.3 Å². The summed E-state index contributed by atoms with van der Waals surface area (Å²) in [5, 5.41) is 0. The van der Waals surface area contributed by atoms with E-state index in [0.717, 1.165) is 17.3 Å². The van der Waals surface area contributed by atoms with Gasteiger partial charge in [0.15, 0.2) is 5.76 Å². The summed E-state index contributed by atoms with van der Waals surface area (Å²) in [7, 11) is 0. The average molecular weight is 347 g/mol. The number of rotatable bonds is 2. The Hall–Kier alpha value is -0.680. The number of aromatic nitrogens is 1. The lowest BCUT2D eigenvalue weighted by Crippen LogP contribution is -2.13. The second-order valence-electron chi connectivity index (χ2n) is 3.37. The van der Waals surface area contributed by atoms with Crippen LogP contribution in [0.5, 0.6) is 0 Å². The van der Waals surface area contributed by atoms with Crippen LogP contribution in [0, 0.1) is 0 Å². The normalized spacial score (nSPS) is 15.2. The monoisotopic (exact) mass is 345 g/mol. The maximum Gasteiger partial charge on any atom is 0.246 e. The van der Waals surface area contributed by atoms with Crippen molar-refractivity contribution in [3.05, 3.63) is 38.7 Å². The molecule has 0 N–H and O–H groups in total. The van der Waals surface area contributed by atoms with Crippen molar-refractivity contribution in [2.24, 2.45) is 0 Å². The summed E-state index contributed by atoms with van der Waals surface area (Å²) in [4.78, 5) is 16.1. The molecule has 5 heteroatoms. The summed E-state index contributed by atoms with van der Waals surface area (Å²) in [5.41, 5.74) is 0.386. The molecule has 2 rings (SSSR count). The predicted molar refractivity (Wildman–Crippen MR) is 67.2 cm³/mol. The summed E-state index contributed by atoms with van der Waals surface area (Å²) in [6.07, 6.45) is 5.27. The van der Waals surface area contributed by atoms with E-state index >= 15 is 0 Å². The van der Waals surface area contributed by atoms with Gasteiger partial charge in [0.25, 0.3) is 0 Å². The van der Waals surface area contributed by atoms with E-state index in [4.69, 9.17) is 4.74 Å². The van der Waals surface area contributed by atoms with E-state index in [0.29, 0.717) is 22.5 Å². The number of ketones is 1. The maximum absolute atomic E-state index is 12.0. The van der Waals surface area contributed by atoms with Crippen LogP contribution in [0.25, 0.3) is 0 Å². The lowest BCUT2D eigenvalue weighted by atomic mass is 10.1. The number of halogens is 2. The summed E-state index contributed by atoms with van der Waals surface area (Å²) in [6.45, 7) is 0.603. The Morgan fingerprint density at radius 1 is 1.44 bits per heavy atom. The Morgan fingerprint density at radius 2 is 2.25 bits per heavy atom. The van der Waals surface area contributed by atoms with Crippen molar-refractivity contribution in [1.82, 2.24) is 4.98 Å². The number of Topliss-reactive ketones (excluding diaryl/α,β-unsaturated/α-hetero) is 1. The van der Waals surface area contributed by atoms with E-state index in [1.165, 1.54) is 0 Å². The third-order valence-electron chi connectivity index (χ3n) is 2.18. The summed E-state index contributed by atoms with van der Waals surface area (Å²) < 4.78 is 6.82.